The van der Waals surface area contributed by atoms with Gasteiger partial charge in [-0.25, -0.2) is 0 Å². The maximum atomic E-state index is 5.91. The monoisotopic (exact) mass is 285 g/mol. The third-order valence-electron chi connectivity index (χ3n) is 5.11. The summed E-state index contributed by atoms with van der Waals surface area (Å²) in [5.74, 6) is 3.37. The molecule has 2 aliphatic rings. The van der Waals surface area contributed by atoms with E-state index in [4.69, 9.17) is 4.74 Å². The van der Waals surface area contributed by atoms with Gasteiger partial charge in [0.25, 0.3) is 0 Å². The van der Waals surface area contributed by atoms with Crippen molar-refractivity contribution in [2.45, 2.75) is 52.2 Å². The summed E-state index contributed by atoms with van der Waals surface area (Å²) in [4.78, 5) is 0. The largest absolute Gasteiger partial charge is 0.491 e. The molecule has 2 bridgehead atoms. The van der Waals surface area contributed by atoms with E-state index in [1.807, 2.05) is 6.07 Å². The summed E-state index contributed by atoms with van der Waals surface area (Å²) in [6, 6.07) is 8.91. The van der Waals surface area contributed by atoms with Crippen LogP contribution >= 0.6 is 0 Å². The molecule has 0 spiro atoms. The maximum absolute atomic E-state index is 5.91. The summed E-state index contributed by atoms with van der Waals surface area (Å²) in [5.41, 5.74) is 1.18. The van der Waals surface area contributed by atoms with E-state index in [2.05, 4.69) is 56.4 Å². The Bertz CT molecular complexity index is 510. The first kappa shape index (κ1) is 14.5. The lowest BCUT2D eigenvalue weighted by atomic mass is 9.87. The van der Waals surface area contributed by atoms with Crippen molar-refractivity contribution in [1.82, 2.24) is 0 Å². The summed E-state index contributed by atoms with van der Waals surface area (Å²) in [5, 5.41) is 3.69. The van der Waals surface area contributed by atoms with Crippen LogP contribution in [-0.4, -0.2) is 12.1 Å². The van der Waals surface area contributed by atoms with Gasteiger partial charge in [0.1, 0.15) is 5.75 Å². The first-order valence-electron chi connectivity index (χ1n) is 8.37. The molecular weight excluding hydrogens is 258 g/mol. The number of hydrogen-bond donors (Lipinski definition) is 1. The molecule has 1 fully saturated rings. The highest BCUT2D eigenvalue weighted by Crippen LogP contribution is 2.45. The van der Waals surface area contributed by atoms with Crippen molar-refractivity contribution in [2.24, 2.45) is 17.8 Å². The highest BCUT2D eigenvalue weighted by molar-refractivity contribution is 5.49. The predicted molar refractivity (Wildman–Crippen MR) is 88.8 cm³/mol. The van der Waals surface area contributed by atoms with Crippen LogP contribution in [0.1, 0.15) is 40.0 Å². The molecule has 1 aromatic rings. The molecule has 5 unspecified atom stereocenters. The smallest absolute Gasteiger partial charge is 0.121 e. The third kappa shape index (κ3) is 3.25. The molecule has 114 valence electrons. The van der Waals surface area contributed by atoms with Gasteiger partial charge in [0.2, 0.25) is 0 Å². The van der Waals surface area contributed by atoms with E-state index in [1.54, 1.807) is 0 Å². The van der Waals surface area contributed by atoms with E-state index in [9.17, 15) is 0 Å². The van der Waals surface area contributed by atoms with Gasteiger partial charge < -0.3 is 10.1 Å². The molecule has 2 aliphatic carbocycles. The van der Waals surface area contributed by atoms with Gasteiger partial charge in [0, 0.05) is 17.8 Å². The lowest BCUT2D eigenvalue weighted by Gasteiger charge is -2.27. The summed E-state index contributed by atoms with van der Waals surface area (Å²) in [7, 11) is 0. The first-order valence-corrected chi connectivity index (χ1v) is 8.37. The van der Waals surface area contributed by atoms with Crippen molar-refractivity contribution in [2.75, 3.05) is 5.32 Å². The highest BCUT2D eigenvalue weighted by Gasteiger charge is 2.38. The number of allylic oxidation sites excluding steroid dienone is 2. The average molecular weight is 285 g/mol. The van der Waals surface area contributed by atoms with Gasteiger partial charge in [0.05, 0.1) is 6.10 Å². The van der Waals surface area contributed by atoms with Gasteiger partial charge in [-0.2, -0.15) is 0 Å². The Balaban J connectivity index is 1.62. The zero-order valence-electron chi connectivity index (χ0n) is 13.4. The summed E-state index contributed by atoms with van der Waals surface area (Å²) >= 11 is 0. The van der Waals surface area contributed by atoms with Crippen LogP contribution in [0.2, 0.25) is 0 Å². The third-order valence-corrected chi connectivity index (χ3v) is 5.11. The normalized spacial score (nSPS) is 29.4. The Morgan fingerprint density at radius 3 is 2.76 bits per heavy atom. The van der Waals surface area contributed by atoms with Crippen LogP contribution in [0, 0.1) is 17.8 Å². The van der Waals surface area contributed by atoms with E-state index in [0.717, 1.165) is 29.9 Å². The van der Waals surface area contributed by atoms with Crippen molar-refractivity contribution in [3.63, 3.8) is 0 Å². The number of nitrogens with one attached hydrogen (secondary N) is 1. The average Bonchev–Trinajstić information content (AvgIpc) is 3.10. The zero-order chi connectivity index (χ0) is 14.8. The van der Waals surface area contributed by atoms with Crippen LogP contribution in [0.25, 0.3) is 0 Å². The molecule has 3 rings (SSSR count). The number of ether oxygens (including phenoxy) is 1. The van der Waals surface area contributed by atoms with Crippen molar-refractivity contribution in [3.8, 4) is 5.75 Å². The molecule has 0 saturated heterocycles. The minimum Gasteiger partial charge on any atom is -0.491 e. The van der Waals surface area contributed by atoms with Gasteiger partial charge in [-0.1, -0.05) is 25.1 Å². The molecule has 21 heavy (non-hydrogen) atoms. The van der Waals surface area contributed by atoms with Gasteiger partial charge in [-0.3, -0.25) is 0 Å². The predicted octanol–water partition coefficient (Wildman–Crippen LogP) is 4.88. The second kappa shape index (κ2) is 6.13. The highest BCUT2D eigenvalue weighted by atomic mass is 16.5. The Morgan fingerprint density at radius 1 is 1.24 bits per heavy atom. The molecule has 1 N–H and O–H groups in total. The standard InChI is InChI=1S/C19H27NO/c1-4-13(2)21-18-7-5-6-17(12-18)20-14(3)19-11-15-8-9-16(19)10-15/h5-9,12-16,19-20H,4,10-11H2,1-3H3. The van der Waals surface area contributed by atoms with Crippen molar-refractivity contribution in [3.05, 3.63) is 36.4 Å². The Labute approximate surface area is 128 Å². The van der Waals surface area contributed by atoms with E-state index < -0.39 is 0 Å². The molecule has 5 atom stereocenters. The maximum Gasteiger partial charge on any atom is 0.121 e. The van der Waals surface area contributed by atoms with E-state index in [0.29, 0.717) is 6.04 Å². The number of hydrogen-bond acceptors (Lipinski definition) is 2. The van der Waals surface area contributed by atoms with E-state index in [1.165, 1.54) is 18.5 Å². The molecule has 2 nitrogen and oxygen atoms in total. The quantitative estimate of drug-likeness (QED) is 0.752. The number of anilines is 1. The van der Waals surface area contributed by atoms with E-state index >= 15 is 0 Å². The molecular formula is C19H27NO. The molecule has 1 aromatic carbocycles. The second-order valence-corrected chi connectivity index (χ2v) is 6.74. The lowest BCUT2D eigenvalue weighted by molar-refractivity contribution is 0.217. The topological polar surface area (TPSA) is 21.3 Å². The van der Waals surface area contributed by atoms with Crippen molar-refractivity contribution < 1.29 is 4.74 Å². The van der Waals surface area contributed by atoms with Crippen LogP contribution in [0.15, 0.2) is 36.4 Å². The molecule has 1 saturated carbocycles. The molecule has 0 aliphatic heterocycles. The molecule has 0 aromatic heterocycles. The zero-order valence-corrected chi connectivity index (χ0v) is 13.4. The van der Waals surface area contributed by atoms with Gasteiger partial charge in [-0.15, -0.1) is 0 Å². The number of benzene rings is 1. The van der Waals surface area contributed by atoms with Gasteiger partial charge in [0.15, 0.2) is 0 Å². The fourth-order valence-corrected chi connectivity index (χ4v) is 3.74. The number of rotatable bonds is 6. The SMILES string of the molecule is CCC(C)Oc1cccc(NC(C)C2CC3C=CC2C3)c1. The molecule has 0 amide bonds. The lowest BCUT2D eigenvalue weighted by Crippen LogP contribution is -2.28. The van der Waals surface area contributed by atoms with Crippen LogP contribution in [-0.2, 0) is 0 Å². The summed E-state index contributed by atoms with van der Waals surface area (Å²) in [6.07, 6.45) is 8.86. The van der Waals surface area contributed by atoms with Crippen molar-refractivity contribution >= 4 is 5.69 Å². The summed E-state index contributed by atoms with van der Waals surface area (Å²) < 4.78 is 5.91. The Morgan fingerprint density at radius 2 is 2.10 bits per heavy atom. The Kier molecular flexibility index (Phi) is 4.23. The van der Waals surface area contributed by atoms with Gasteiger partial charge in [-0.05, 0) is 63.0 Å². The fraction of sp³-hybridized carbons (Fsp3) is 0.579. The molecule has 0 radical (unpaired) electrons. The Hall–Kier alpha value is -1.44. The van der Waals surface area contributed by atoms with Crippen LogP contribution in [0.5, 0.6) is 5.75 Å². The van der Waals surface area contributed by atoms with Gasteiger partial charge >= 0.3 is 0 Å². The van der Waals surface area contributed by atoms with Crippen LogP contribution < -0.4 is 10.1 Å². The number of fused-ring (bicyclic) bond motifs is 2. The molecule has 2 heteroatoms. The molecule has 0 heterocycles. The fourth-order valence-electron chi connectivity index (χ4n) is 3.74. The minimum atomic E-state index is 0.272. The van der Waals surface area contributed by atoms with E-state index in [-0.39, 0.29) is 6.10 Å². The summed E-state index contributed by atoms with van der Waals surface area (Å²) in [6.45, 7) is 6.59. The second-order valence-electron chi connectivity index (χ2n) is 6.74. The van der Waals surface area contributed by atoms with Crippen molar-refractivity contribution in [1.29, 1.82) is 0 Å². The first-order chi connectivity index (χ1) is 10.2. The van der Waals surface area contributed by atoms with Crippen LogP contribution in [0.3, 0.4) is 0 Å². The van der Waals surface area contributed by atoms with Crippen LogP contribution in [0.4, 0.5) is 5.69 Å². The minimum absolute atomic E-state index is 0.272.